The van der Waals surface area contributed by atoms with Gasteiger partial charge in [-0.3, -0.25) is 0 Å². The van der Waals surface area contributed by atoms with Crippen molar-refractivity contribution in [3.05, 3.63) is 82.9 Å². The Hall–Kier alpha value is -2.74. The van der Waals surface area contributed by atoms with Crippen molar-refractivity contribution in [1.29, 1.82) is 0 Å². The largest absolute Gasteiger partial charge is 0.504 e. The summed E-state index contributed by atoms with van der Waals surface area (Å²) in [5, 5.41) is 20.7. The van der Waals surface area contributed by atoms with Gasteiger partial charge in [-0.25, -0.2) is 0 Å². The Morgan fingerprint density at radius 3 is 1.83 bits per heavy atom. The first kappa shape index (κ1) is 13.9. The predicted molar refractivity (Wildman–Crippen MR) is 91.9 cm³/mol. The van der Waals surface area contributed by atoms with Gasteiger partial charge < -0.3 is 10.2 Å². The van der Waals surface area contributed by atoms with Gasteiger partial charge in [0.1, 0.15) is 0 Å². The van der Waals surface area contributed by atoms with Crippen molar-refractivity contribution in [3.8, 4) is 22.6 Å². The standard InChI is InChI=1S/C21H18O2/c1-13-11-18(20(23)19(22)12-13)21(2)16-9-5-3-7-14(16)15-8-4-6-10-17(15)21/h3-12,22-23H,1-2H3. The number of phenols is 2. The number of fused-ring (bicyclic) bond motifs is 3. The summed E-state index contributed by atoms with van der Waals surface area (Å²) in [6.45, 7) is 4.05. The lowest BCUT2D eigenvalue weighted by atomic mass is 9.73. The summed E-state index contributed by atoms with van der Waals surface area (Å²) < 4.78 is 0. The summed E-state index contributed by atoms with van der Waals surface area (Å²) in [7, 11) is 0. The summed E-state index contributed by atoms with van der Waals surface area (Å²) in [6, 6.07) is 20.1. The Kier molecular flexibility index (Phi) is 2.79. The van der Waals surface area contributed by atoms with Crippen LogP contribution in [0.3, 0.4) is 0 Å². The number of rotatable bonds is 1. The molecular weight excluding hydrogens is 284 g/mol. The van der Waals surface area contributed by atoms with Crippen LogP contribution in [-0.4, -0.2) is 10.2 Å². The molecule has 114 valence electrons. The van der Waals surface area contributed by atoms with Crippen LogP contribution in [0.25, 0.3) is 11.1 Å². The van der Waals surface area contributed by atoms with E-state index < -0.39 is 5.41 Å². The minimum absolute atomic E-state index is 0.0374. The molecule has 3 aromatic carbocycles. The van der Waals surface area contributed by atoms with Crippen LogP contribution in [-0.2, 0) is 5.41 Å². The van der Waals surface area contributed by atoms with Crippen LogP contribution in [0.4, 0.5) is 0 Å². The molecule has 0 spiro atoms. The van der Waals surface area contributed by atoms with Crippen molar-refractivity contribution in [1.82, 2.24) is 0 Å². The zero-order chi connectivity index (χ0) is 16.2. The molecule has 1 aliphatic carbocycles. The lowest BCUT2D eigenvalue weighted by Gasteiger charge is -2.29. The molecule has 3 aromatic rings. The fourth-order valence-electron chi connectivity index (χ4n) is 3.88. The molecule has 4 rings (SSSR count). The van der Waals surface area contributed by atoms with E-state index in [-0.39, 0.29) is 11.5 Å². The topological polar surface area (TPSA) is 40.5 Å². The second-order valence-electron chi connectivity index (χ2n) is 6.40. The monoisotopic (exact) mass is 302 g/mol. The molecule has 0 fully saturated rings. The third-order valence-corrected chi connectivity index (χ3v) is 4.99. The van der Waals surface area contributed by atoms with Gasteiger partial charge in [-0.2, -0.15) is 0 Å². The third-order valence-electron chi connectivity index (χ3n) is 4.99. The average Bonchev–Trinajstić information content (AvgIpc) is 2.82. The molecule has 0 aromatic heterocycles. The van der Waals surface area contributed by atoms with E-state index in [1.165, 1.54) is 11.1 Å². The molecule has 0 bridgehead atoms. The fraction of sp³-hybridized carbons (Fsp3) is 0.143. The van der Waals surface area contributed by atoms with E-state index in [2.05, 4.69) is 31.2 Å². The smallest absolute Gasteiger partial charge is 0.161 e. The van der Waals surface area contributed by atoms with E-state index in [0.717, 1.165) is 22.3 Å². The van der Waals surface area contributed by atoms with E-state index in [4.69, 9.17) is 0 Å². The van der Waals surface area contributed by atoms with Crippen LogP contribution >= 0.6 is 0 Å². The van der Waals surface area contributed by atoms with Gasteiger partial charge in [0.05, 0.1) is 0 Å². The first-order valence-electron chi connectivity index (χ1n) is 7.76. The highest BCUT2D eigenvalue weighted by Crippen LogP contribution is 2.55. The first-order valence-corrected chi connectivity index (χ1v) is 7.76. The Morgan fingerprint density at radius 2 is 1.26 bits per heavy atom. The van der Waals surface area contributed by atoms with Gasteiger partial charge in [-0.1, -0.05) is 54.6 Å². The second-order valence-corrected chi connectivity index (χ2v) is 6.40. The van der Waals surface area contributed by atoms with E-state index in [0.29, 0.717) is 0 Å². The molecule has 0 atom stereocenters. The maximum absolute atomic E-state index is 10.5. The molecule has 23 heavy (non-hydrogen) atoms. The van der Waals surface area contributed by atoms with Gasteiger partial charge in [-0.15, -0.1) is 0 Å². The maximum Gasteiger partial charge on any atom is 0.161 e. The fourth-order valence-corrected chi connectivity index (χ4v) is 3.88. The van der Waals surface area contributed by atoms with Crippen molar-refractivity contribution < 1.29 is 10.2 Å². The molecule has 2 heteroatoms. The molecule has 0 aliphatic heterocycles. The van der Waals surface area contributed by atoms with Crippen LogP contribution in [0.15, 0.2) is 60.7 Å². The number of benzene rings is 3. The number of aromatic hydroxyl groups is 2. The number of aryl methyl sites for hydroxylation is 1. The normalized spacial score (nSPS) is 14.3. The zero-order valence-electron chi connectivity index (χ0n) is 13.2. The van der Waals surface area contributed by atoms with Crippen molar-refractivity contribution in [2.75, 3.05) is 0 Å². The van der Waals surface area contributed by atoms with E-state index >= 15 is 0 Å². The van der Waals surface area contributed by atoms with Gasteiger partial charge >= 0.3 is 0 Å². The summed E-state index contributed by atoms with van der Waals surface area (Å²) in [6.07, 6.45) is 0. The minimum atomic E-state index is -0.485. The quantitative estimate of drug-likeness (QED) is 0.637. The molecule has 0 saturated carbocycles. The number of hydrogen-bond acceptors (Lipinski definition) is 2. The third kappa shape index (κ3) is 1.75. The zero-order valence-corrected chi connectivity index (χ0v) is 13.2. The number of phenolic OH excluding ortho intramolecular Hbond substituents is 2. The van der Waals surface area contributed by atoms with E-state index in [1.54, 1.807) is 6.07 Å². The SMILES string of the molecule is Cc1cc(O)c(O)c(C2(C)c3ccccc3-c3ccccc32)c1. The van der Waals surface area contributed by atoms with Crippen molar-refractivity contribution in [3.63, 3.8) is 0 Å². The Labute approximate surface area is 135 Å². The van der Waals surface area contributed by atoms with Gasteiger partial charge in [-0.05, 0) is 47.7 Å². The van der Waals surface area contributed by atoms with Gasteiger partial charge in [0, 0.05) is 11.0 Å². The van der Waals surface area contributed by atoms with E-state index in [9.17, 15) is 10.2 Å². The Bertz CT molecular complexity index is 879. The first-order chi connectivity index (χ1) is 11.0. The summed E-state index contributed by atoms with van der Waals surface area (Å²) in [5.74, 6) is -0.104. The number of hydrogen-bond donors (Lipinski definition) is 2. The molecule has 0 amide bonds. The predicted octanol–water partition coefficient (Wildman–Crippen LogP) is 4.74. The lowest BCUT2D eigenvalue weighted by molar-refractivity contribution is 0.394. The summed E-state index contributed by atoms with van der Waals surface area (Å²) >= 11 is 0. The highest BCUT2D eigenvalue weighted by Gasteiger charge is 2.42. The van der Waals surface area contributed by atoms with Crippen molar-refractivity contribution >= 4 is 0 Å². The molecule has 2 N–H and O–H groups in total. The van der Waals surface area contributed by atoms with Crippen LogP contribution in [0.2, 0.25) is 0 Å². The van der Waals surface area contributed by atoms with Crippen molar-refractivity contribution in [2.24, 2.45) is 0 Å². The van der Waals surface area contributed by atoms with E-state index in [1.807, 2.05) is 37.3 Å². The highest BCUT2D eigenvalue weighted by molar-refractivity contribution is 5.84. The Morgan fingerprint density at radius 1 is 0.739 bits per heavy atom. The van der Waals surface area contributed by atoms with Crippen LogP contribution < -0.4 is 0 Å². The molecule has 0 unspecified atom stereocenters. The van der Waals surface area contributed by atoms with Gasteiger partial charge in [0.15, 0.2) is 11.5 Å². The van der Waals surface area contributed by atoms with Crippen molar-refractivity contribution in [2.45, 2.75) is 19.3 Å². The molecular formula is C21H18O2. The molecule has 0 radical (unpaired) electrons. The molecule has 2 nitrogen and oxygen atoms in total. The molecule has 0 heterocycles. The van der Waals surface area contributed by atoms with Gasteiger partial charge in [0.2, 0.25) is 0 Å². The minimum Gasteiger partial charge on any atom is -0.504 e. The van der Waals surface area contributed by atoms with Crippen LogP contribution in [0, 0.1) is 6.92 Å². The van der Waals surface area contributed by atoms with Crippen LogP contribution in [0.5, 0.6) is 11.5 Å². The molecule has 0 saturated heterocycles. The summed E-state index contributed by atoms with van der Waals surface area (Å²) in [5.41, 5.74) is 5.87. The van der Waals surface area contributed by atoms with Crippen LogP contribution in [0.1, 0.15) is 29.2 Å². The maximum atomic E-state index is 10.5. The Balaban J connectivity index is 2.13. The lowest BCUT2D eigenvalue weighted by Crippen LogP contribution is -2.22. The molecule has 1 aliphatic rings. The van der Waals surface area contributed by atoms with Gasteiger partial charge in [0.25, 0.3) is 0 Å². The highest BCUT2D eigenvalue weighted by atomic mass is 16.3. The average molecular weight is 302 g/mol. The second kappa shape index (κ2) is 4.63. The summed E-state index contributed by atoms with van der Waals surface area (Å²) in [4.78, 5) is 0.